The van der Waals surface area contributed by atoms with Gasteiger partial charge < -0.3 is 9.47 Å². The van der Waals surface area contributed by atoms with Gasteiger partial charge in [0.15, 0.2) is 0 Å². The number of unbranched alkanes of at least 4 members (excludes halogenated alkanes) is 6. The maximum atomic E-state index is 10.5. The minimum absolute atomic E-state index is 0.169. The second kappa shape index (κ2) is 11.9. The lowest BCUT2D eigenvalue weighted by atomic mass is 10.1. The van der Waals surface area contributed by atoms with Gasteiger partial charge in [0.25, 0.3) is 0 Å². The van der Waals surface area contributed by atoms with E-state index in [-0.39, 0.29) is 5.97 Å². The maximum Gasteiger partial charge on any atom is 0.302 e. The quantitative estimate of drug-likeness (QED) is 0.410. The van der Waals surface area contributed by atoms with Crippen LogP contribution in [0.4, 0.5) is 0 Å². The second-order valence-electron chi connectivity index (χ2n) is 4.65. The fourth-order valence-electron chi connectivity index (χ4n) is 1.75. The van der Waals surface area contributed by atoms with Crippen LogP contribution in [0, 0.1) is 0 Å². The number of hydrogen-bond donors (Lipinski definition) is 0. The molecule has 0 aliphatic rings. The zero-order valence-electron chi connectivity index (χ0n) is 11.7. The topological polar surface area (TPSA) is 35.5 Å². The summed E-state index contributed by atoms with van der Waals surface area (Å²) >= 11 is 0. The molecule has 0 aliphatic carbocycles. The molecular formula is C14H28O3. The molecule has 0 aliphatic heterocycles. The molecule has 0 saturated carbocycles. The van der Waals surface area contributed by atoms with Gasteiger partial charge in [-0.15, -0.1) is 0 Å². The highest BCUT2D eigenvalue weighted by Crippen LogP contribution is 2.10. The highest BCUT2D eigenvalue weighted by atomic mass is 16.5. The van der Waals surface area contributed by atoms with E-state index < -0.39 is 0 Å². The monoisotopic (exact) mass is 244 g/mol. The average Bonchev–Trinajstić information content (AvgIpc) is 2.30. The molecule has 3 nitrogen and oxygen atoms in total. The fraction of sp³-hybridized carbons (Fsp3) is 0.929. The lowest BCUT2D eigenvalue weighted by molar-refractivity contribution is -0.141. The van der Waals surface area contributed by atoms with E-state index in [9.17, 15) is 4.79 Å². The minimum atomic E-state index is -0.169. The number of rotatable bonds is 11. The molecule has 0 aromatic rings. The molecule has 0 heterocycles. The molecular weight excluding hydrogens is 216 g/mol. The van der Waals surface area contributed by atoms with E-state index in [0.717, 1.165) is 6.42 Å². The molecule has 1 unspecified atom stereocenters. The first kappa shape index (κ1) is 16.4. The Morgan fingerprint density at radius 2 is 1.53 bits per heavy atom. The van der Waals surface area contributed by atoms with E-state index in [4.69, 9.17) is 9.47 Å². The minimum Gasteiger partial charge on any atom is -0.466 e. The van der Waals surface area contributed by atoms with Crippen molar-refractivity contribution >= 4 is 5.97 Å². The van der Waals surface area contributed by atoms with Crippen molar-refractivity contribution in [2.75, 3.05) is 13.7 Å². The molecule has 3 heteroatoms. The Morgan fingerprint density at radius 1 is 1.00 bits per heavy atom. The lowest BCUT2D eigenvalue weighted by Crippen LogP contribution is -2.03. The summed E-state index contributed by atoms with van der Waals surface area (Å²) in [6, 6.07) is 0. The first-order chi connectivity index (χ1) is 8.16. The molecule has 0 N–H and O–H groups in total. The van der Waals surface area contributed by atoms with Crippen molar-refractivity contribution in [3.8, 4) is 0 Å². The van der Waals surface area contributed by atoms with Gasteiger partial charge in [-0.05, 0) is 19.8 Å². The van der Waals surface area contributed by atoms with Crippen molar-refractivity contribution < 1.29 is 14.3 Å². The number of hydrogen-bond acceptors (Lipinski definition) is 3. The van der Waals surface area contributed by atoms with E-state index in [1.807, 2.05) is 0 Å². The fourth-order valence-corrected chi connectivity index (χ4v) is 1.75. The van der Waals surface area contributed by atoms with Crippen molar-refractivity contribution in [1.29, 1.82) is 0 Å². The van der Waals surface area contributed by atoms with Crippen molar-refractivity contribution in [1.82, 2.24) is 0 Å². The van der Waals surface area contributed by atoms with Crippen LogP contribution in [0.5, 0.6) is 0 Å². The molecule has 0 saturated heterocycles. The zero-order valence-corrected chi connectivity index (χ0v) is 11.7. The Labute approximate surface area is 106 Å². The Bertz CT molecular complexity index is 180. The van der Waals surface area contributed by atoms with Crippen LogP contribution in [0.2, 0.25) is 0 Å². The predicted octanol–water partition coefficient (Wildman–Crippen LogP) is 3.71. The van der Waals surface area contributed by atoms with E-state index in [2.05, 4.69) is 6.92 Å². The standard InChI is InChI=1S/C14H28O3/c1-13(16-3)11-9-7-5-4-6-8-10-12-17-14(2)15/h13H,4-12H2,1-3H3. The zero-order chi connectivity index (χ0) is 12.9. The van der Waals surface area contributed by atoms with Gasteiger partial charge in [-0.2, -0.15) is 0 Å². The molecule has 17 heavy (non-hydrogen) atoms. The van der Waals surface area contributed by atoms with Crippen molar-refractivity contribution in [2.24, 2.45) is 0 Å². The second-order valence-corrected chi connectivity index (χ2v) is 4.65. The van der Waals surface area contributed by atoms with Crippen LogP contribution in [-0.4, -0.2) is 25.8 Å². The van der Waals surface area contributed by atoms with Gasteiger partial charge in [0.2, 0.25) is 0 Å². The SMILES string of the molecule is COC(C)CCCCCCCCCOC(C)=O. The van der Waals surface area contributed by atoms with Crippen molar-refractivity contribution in [2.45, 2.75) is 71.3 Å². The van der Waals surface area contributed by atoms with Crippen molar-refractivity contribution in [3.05, 3.63) is 0 Å². The summed E-state index contributed by atoms with van der Waals surface area (Å²) in [5.74, 6) is -0.169. The Morgan fingerprint density at radius 3 is 2.06 bits per heavy atom. The summed E-state index contributed by atoms with van der Waals surface area (Å²) in [6.07, 6.45) is 10.2. The van der Waals surface area contributed by atoms with Gasteiger partial charge in [0.05, 0.1) is 12.7 Å². The van der Waals surface area contributed by atoms with E-state index in [0.29, 0.717) is 12.7 Å². The summed E-state index contributed by atoms with van der Waals surface area (Å²) in [4.78, 5) is 10.5. The number of carbonyl (C=O) groups is 1. The van der Waals surface area contributed by atoms with Gasteiger partial charge in [-0.3, -0.25) is 4.79 Å². The molecule has 0 aromatic heterocycles. The van der Waals surface area contributed by atoms with Crippen LogP contribution < -0.4 is 0 Å². The van der Waals surface area contributed by atoms with Crippen LogP contribution in [0.25, 0.3) is 0 Å². The normalized spacial score (nSPS) is 12.4. The number of carbonyl (C=O) groups excluding carboxylic acids is 1. The molecule has 1 atom stereocenters. The summed E-state index contributed by atoms with van der Waals surface area (Å²) in [7, 11) is 1.77. The van der Waals surface area contributed by atoms with Crippen molar-refractivity contribution in [3.63, 3.8) is 0 Å². The molecule has 0 fully saturated rings. The molecule has 0 radical (unpaired) electrons. The van der Waals surface area contributed by atoms with Crippen LogP contribution in [0.3, 0.4) is 0 Å². The third kappa shape index (κ3) is 13.4. The third-order valence-corrected chi connectivity index (χ3v) is 2.96. The van der Waals surface area contributed by atoms with E-state index in [1.165, 1.54) is 51.9 Å². The molecule has 0 aromatic carbocycles. The van der Waals surface area contributed by atoms with Gasteiger partial charge in [0, 0.05) is 14.0 Å². The Balaban J connectivity index is 3.01. The van der Waals surface area contributed by atoms with Crippen LogP contribution >= 0.6 is 0 Å². The Hall–Kier alpha value is -0.570. The summed E-state index contributed by atoms with van der Waals surface area (Å²) in [5.41, 5.74) is 0. The number of methoxy groups -OCH3 is 1. The van der Waals surface area contributed by atoms with E-state index >= 15 is 0 Å². The highest BCUT2D eigenvalue weighted by molar-refractivity contribution is 5.65. The average molecular weight is 244 g/mol. The first-order valence-corrected chi connectivity index (χ1v) is 6.83. The predicted molar refractivity (Wildman–Crippen MR) is 70.0 cm³/mol. The Kier molecular flexibility index (Phi) is 11.5. The molecule has 0 spiro atoms. The molecule has 0 rings (SSSR count). The maximum absolute atomic E-state index is 10.5. The van der Waals surface area contributed by atoms with Gasteiger partial charge in [0.1, 0.15) is 0 Å². The number of esters is 1. The highest BCUT2D eigenvalue weighted by Gasteiger charge is 1.98. The smallest absolute Gasteiger partial charge is 0.302 e. The van der Waals surface area contributed by atoms with Gasteiger partial charge in [-0.25, -0.2) is 0 Å². The molecule has 0 bridgehead atoms. The van der Waals surface area contributed by atoms with Crippen LogP contribution in [0.1, 0.15) is 65.2 Å². The van der Waals surface area contributed by atoms with Gasteiger partial charge >= 0.3 is 5.97 Å². The summed E-state index contributed by atoms with van der Waals surface area (Å²) < 4.78 is 10.1. The number of ether oxygens (including phenoxy) is 2. The van der Waals surface area contributed by atoms with Gasteiger partial charge in [-0.1, -0.05) is 38.5 Å². The van der Waals surface area contributed by atoms with Crippen LogP contribution in [-0.2, 0) is 14.3 Å². The van der Waals surface area contributed by atoms with Crippen LogP contribution in [0.15, 0.2) is 0 Å². The lowest BCUT2D eigenvalue weighted by Gasteiger charge is -2.08. The summed E-state index contributed by atoms with van der Waals surface area (Å²) in [5, 5.41) is 0. The van der Waals surface area contributed by atoms with E-state index in [1.54, 1.807) is 7.11 Å². The molecule has 102 valence electrons. The largest absolute Gasteiger partial charge is 0.466 e. The molecule has 0 amide bonds. The summed E-state index contributed by atoms with van der Waals surface area (Å²) in [6.45, 7) is 4.16. The first-order valence-electron chi connectivity index (χ1n) is 6.83. The third-order valence-electron chi connectivity index (χ3n) is 2.96.